The van der Waals surface area contributed by atoms with E-state index in [0.717, 1.165) is 11.1 Å². The number of nitrogens with zero attached hydrogens (tertiary/aromatic N) is 2. The first-order valence-electron chi connectivity index (χ1n) is 13.6. The van der Waals surface area contributed by atoms with E-state index in [0.29, 0.717) is 11.5 Å². The van der Waals surface area contributed by atoms with Crippen molar-refractivity contribution in [3.8, 4) is 6.07 Å². The molecule has 2 aromatic rings. The van der Waals surface area contributed by atoms with Crippen molar-refractivity contribution in [3.63, 3.8) is 0 Å². The Morgan fingerprint density at radius 2 is 1.65 bits per heavy atom. The Balaban J connectivity index is 1.99. The van der Waals surface area contributed by atoms with E-state index in [1.165, 1.54) is 69.8 Å². The van der Waals surface area contributed by atoms with Crippen molar-refractivity contribution >= 4 is 21.5 Å². The second-order valence-electron chi connectivity index (χ2n) is 9.97. The Hall–Kier alpha value is -3.15. The third kappa shape index (κ3) is 6.60. The van der Waals surface area contributed by atoms with Gasteiger partial charge in [-0.25, -0.2) is 18.5 Å². The molecule has 0 saturated heterocycles. The van der Waals surface area contributed by atoms with Crippen LogP contribution in [0, 0.1) is 24.8 Å². The van der Waals surface area contributed by atoms with Crippen LogP contribution in [-0.4, -0.2) is 8.42 Å². The predicted molar refractivity (Wildman–Crippen MR) is 152 cm³/mol. The van der Waals surface area contributed by atoms with Gasteiger partial charge in [-0.05, 0) is 60.1 Å². The number of fused-ring (bicyclic) bond motifs is 1. The Morgan fingerprint density at radius 3 is 2.22 bits per heavy atom. The largest absolute Gasteiger partial charge is 0.270 e. The monoisotopic (exact) mass is 514 g/mol. The molecule has 0 saturated carbocycles. The van der Waals surface area contributed by atoms with Gasteiger partial charge in [-0.15, -0.1) is 0 Å². The highest BCUT2D eigenvalue weighted by Crippen LogP contribution is 2.45. The number of sulfone groups is 1. The van der Waals surface area contributed by atoms with E-state index in [-0.39, 0.29) is 21.1 Å². The first kappa shape index (κ1) is 28.4. The lowest BCUT2D eigenvalue weighted by Crippen LogP contribution is -2.02. The second-order valence-corrected chi connectivity index (χ2v) is 11.9. The molecule has 0 unspecified atom stereocenters. The highest BCUT2D eigenvalue weighted by atomic mass is 32.2. The van der Waals surface area contributed by atoms with Crippen LogP contribution in [0.4, 0.5) is 0 Å². The highest BCUT2D eigenvalue weighted by Gasteiger charge is 2.37. The van der Waals surface area contributed by atoms with E-state index in [9.17, 15) is 13.7 Å². The number of benzene rings is 2. The smallest absolute Gasteiger partial charge is 0.226 e. The summed E-state index contributed by atoms with van der Waals surface area (Å²) in [6.07, 6.45) is 14.0. The van der Waals surface area contributed by atoms with Crippen molar-refractivity contribution in [2.75, 3.05) is 0 Å². The van der Waals surface area contributed by atoms with Crippen molar-refractivity contribution in [2.24, 2.45) is 0 Å². The molecule has 0 N–H and O–H groups in total. The maximum Gasteiger partial charge on any atom is 0.270 e. The molecule has 194 valence electrons. The van der Waals surface area contributed by atoms with Crippen LogP contribution in [0.1, 0.15) is 106 Å². The molecule has 0 atom stereocenters. The average molecular weight is 515 g/mol. The Kier molecular flexibility index (Phi) is 10.3. The van der Waals surface area contributed by atoms with Crippen molar-refractivity contribution < 1.29 is 8.42 Å². The van der Waals surface area contributed by atoms with Gasteiger partial charge in [0.2, 0.25) is 9.84 Å². The highest BCUT2D eigenvalue weighted by molar-refractivity contribution is 7.96. The summed E-state index contributed by atoms with van der Waals surface area (Å²) in [5.74, 6) is 0.511. The van der Waals surface area contributed by atoms with E-state index >= 15 is 0 Å². The molecule has 0 fully saturated rings. The standard InChI is InChI=1S/C32H38N2O2S/c1-5-7-9-11-15-25(16-12-10-8-6-2)27-20-19-26(24(3)21-27)22-31-32(29(23-33)34-4)28-17-13-14-18-30(28)37(31,35)36/h13-14,17-22,25H,5-12,15-16H2,1-3H3/b31-22-,32-29-. The normalized spacial score (nSPS) is 16.4. The van der Waals surface area contributed by atoms with Gasteiger partial charge in [0.1, 0.15) is 0 Å². The van der Waals surface area contributed by atoms with Gasteiger partial charge in [0.15, 0.2) is 0 Å². The molecule has 0 aromatic heterocycles. The lowest BCUT2D eigenvalue weighted by Gasteiger charge is -2.19. The molecule has 0 amide bonds. The van der Waals surface area contributed by atoms with E-state index in [1.54, 1.807) is 30.3 Å². The number of hydrogen-bond donors (Lipinski definition) is 0. The molecular weight excluding hydrogens is 476 g/mol. The number of rotatable bonds is 12. The van der Waals surface area contributed by atoms with Gasteiger partial charge in [-0.3, -0.25) is 0 Å². The van der Waals surface area contributed by atoms with E-state index in [2.05, 4.69) is 30.8 Å². The van der Waals surface area contributed by atoms with E-state index in [4.69, 9.17) is 6.57 Å². The summed E-state index contributed by atoms with van der Waals surface area (Å²) in [5, 5.41) is 9.58. The number of aryl methyl sites for hydroxylation is 1. The molecular formula is C32H38N2O2S. The van der Waals surface area contributed by atoms with Crippen molar-refractivity contribution in [2.45, 2.75) is 95.8 Å². The fourth-order valence-electron chi connectivity index (χ4n) is 5.19. The van der Waals surface area contributed by atoms with Gasteiger partial charge in [-0.2, -0.15) is 0 Å². The van der Waals surface area contributed by atoms with Gasteiger partial charge in [0.25, 0.3) is 5.70 Å². The zero-order chi connectivity index (χ0) is 26.8. The minimum Gasteiger partial charge on any atom is -0.226 e. The molecule has 5 heteroatoms. The quantitative estimate of drug-likeness (QED) is 0.161. The molecule has 1 aliphatic heterocycles. The molecule has 0 spiro atoms. The third-order valence-corrected chi connectivity index (χ3v) is 9.14. The Bertz CT molecular complexity index is 1330. The van der Waals surface area contributed by atoms with Crippen molar-refractivity contribution in [1.29, 1.82) is 5.26 Å². The van der Waals surface area contributed by atoms with Crippen LogP contribution >= 0.6 is 0 Å². The predicted octanol–water partition coefficient (Wildman–Crippen LogP) is 9.00. The van der Waals surface area contributed by atoms with Crippen LogP contribution in [0.5, 0.6) is 0 Å². The summed E-state index contributed by atoms with van der Waals surface area (Å²) in [7, 11) is -3.83. The molecule has 3 rings (SSSR count). The molecule has 0 bridgehead atoms. The summed E-state index contributed by atoms with van der Waals surface area (Å²) in [4.78, 5) is 3.54. The van der Waals surface area contributed by atoms with Crippen LogP contribution in [-0.2, 0) is 9.84 Å². The topological polar surface area (TPSA) is 62.3 Å². The summed E-state index contributed by atoms with van der Waals surface area (Å²) in [6.45, 7) is 14.0. The molecule has 1 aliphatic rings. The van der Waals surface area contributed by atoms with Crippen LogP contribution < -0.4 is 0 Å². The van der Waals surface area contributed by atoms with Gasteiger partial charge in [-0.1, -0.05) is 102 Å². The van der Waals surface area contributed by atoms with Crippen LogP contribution in [0.2, 0.25) is 0 Å². The van der Waals surface area contributed by atoms with Crippen LogP contribution in [0.25, 0.3) is 16.5 Å². The Labute approximate surface area is 223 Å². The van der Waals surface area contributed by atoms with E-state index in [1.807, 2.05) is 19.1 Å². The maximum absolute atomic E-state index is 13.4. The number of unbranched alkanes of at least 4 members (excludes halogenated alkanes) is 6. The summed E-state index contributed by atoms with van der Waals surface area (Å²) in [5.41, 5.74) is 3.55. The summed E-state index contributed by atoms with van der Waals surface area (Å²) < 4.78 is 26.9. The summed E-state index contributed by atoms with van der Waals surface area (Å²) >= 11 is 0. The number of hydrogen-bond acceptors (Lipinski definition) is 3. The molecule has 4 nitrogen and oxygen atoms in total. The van der Waals surface area contributed by atoms with Gasteiger partial charge >= 0.3 is 0 Å². The molecule has 0 aliphatic carbocycles. The van der Waals surface area contributed by atoms with Crippen molar-refractivity contribution in [3.05, 3.63) is 86.7 Å². The summed E-state index contributed by atoms with van der Waals surface area (Å²) in [6, 6.07) is 14.9. The minimum atomic E-state index is -3.83. The van der Waals surface area contributed by atoms with Crippen LogP contribution in [0.15, 0.2) is 58.0 Å². The van der Waals surface area contributed by atoms with Gasteiger partial charge < -0.3 is 0 Å². The maximum atomic E-state index is 13.4. The zero-order valence-corrected chi connectivity index (χ0v) is 23.2. The van der Waals surface area contributed by atoms with Crippen molar-refractivity contribution in [1.82, 2.24) is 0 Å². The van der Waals surface area contributed by atoms with Gasteiger partial charge in [0, 0.05) is 5.57 Å². The molecule has 2 aromatic carbocycles. The third-order valence-electron chi connectivity index (χ3n) is 7.30. The van der Waals surface area contributed by atoms with Gasteiger partial charge in [0.05, 0.1) is 22.4 Å². The van der Waals surface area contributed by atoms with Crippen LogP contribution in [0.3, 0.4) is 0 Å². The Morgan fingerprint density at radius 1 is 1.00 bits per heavy atom. The number of nitriles is 1. The molecule has 37 heavy (non-hydrogen) atoms. The molecule has 1 heterocycles. The van der Waals surface area contributed by atoms with E-state index < -0.39 is 9.84 Å². The zero-order valence-electron chi connectivity index (χ0n) is 22.4. The SMILES string of the molecule is [C-]#[N+]/C(C#N)=C1\C(=C\c2ccc(C(CCCCCC)CCCCCC)cc2C)S(=O)(=O)c2ccccc21. The minimum absolute atomic E-state index is 0.0350. The lowest BCUT2D eigenvalue weighted by atomic mass is 9.86. The number of allylic oxidation sites excluding steroid dienone is 2. The first-order valence-corrected chi connectivity index (χ1v) is 15.1. The molecule has 0 radical (unpaired) electrons. The first-order chi connectivity index (χ1) is 17.9. The fraction of sp³-hybridized carbons (Fsp3) is 0.438. The average Bonchev–Trinajstić information content (AvgIpc) is 3.11. The lowest BCUT2D eigenvalue weighted by molar-refractivity contribution is 0.496. The second kappa shape index (κ2) is 13.4. The fourth-order valence-corrected chi connectivity index (χ4v) is 6.90.